The molecule has 2 aliphatic rings. The first-order valence-electron chi connectivity index (χ1n) is 7.48. The number of fused-ring (bicyclic) bond motifs is 2. The molecule has 1 aliphatic heterocycles. The van der Waals surface area contributed by atoms with Crippen LogP contribution in [-0.2, 0) is 4.74 Å². The monoisotopic (exact) mass is 282 g/mol. The van der Waals surface area contributed by atoms with Crippen LogP contribution in [0.2, 0.25) is 0 Å². The number of ether oxygens (including phenoxy) is 1. The van der Waals surface area contributed by atoms with E-state index in [0.717, 1.165) is 35.8 Å². The maximum Gasteiger partial charge on any atom is 0.337 e. The van der Waals surface area contributed by atoms with Gasteiger partial charge in [0.2, 0.25) is 0 Å². The number of anilines is 1. The molecule has 2 aromatic rings. The maximum absolute atomic E-state index is 11.7. The fourth-order valence-corrected chi connectivity index (χ4v) is 3.61. The summed E-state index contributed by atoms with van der Waals surface area (Å²) in [5.41, 5.74) is 2.71. The lowest BCUT2D eigenvalue weighted by molar-refractivity contribution is 0.0601. The minimum absolute atomic E-state index is 0.298. The van der Waals surface area contributed by atoms with Crippen LogP contribution >= 0.6 is 0 Å². The number of pyridine rings is 1. The zero-order chi connectivity index (χ0) is 14.4. The second kappa shape index (κ2) is 4.72. The third-order valence-corrected chi connectivity index (χ3v) is 4.97. The van der Waals surface area contributed by atoms with Gasteiger partial charge in [-0.05, 0) is 48.9 Å². The molecule has 1 aliphatic carbocycles. The van der Waals surface area contributed by atoms with Crippen molar-refractivity contribution in [2.24, 2.45) is 11.8 Å². The van der Waals surface area contributed by atoms with Crippen LogP contribution in [-0.4, -0.2) is 31.2 Å². The van der Waals surface area contributed by atoms with Gasteiger partial charge in [-0.15, -0.1) is 0 Å². The Morgan fingerprint density at radius 2 is 2.00 bits per heavy atom. The van der Waals surface area contributed by atoms with Gasteiger partial charge in [0, 0.05) is 30.4 Å². The largest absolute Gasteiger partial charge is 0.465 e. The Morgan fingerprint density at radius 1 is 1.24 bits per heavy atom. The van der Waals surface area contributed by atoms with Crippen LogP contribution in [0.5, 0.6) is 0 Å². The van der Waals surface area contributed by atoms with Crippen molar-refractivity contribution in [3.63, 3.8) is 0 Å². The van der Waals surface area contributed by atoms with Crippen LogP contribution in [0, 0.1) is 11.8 Å². The highest BCUT2D eigenvalue weighted by molar-refractivity contribution is 5.99. The van der Waals surface area contributed by atoms with Crippen molar-refractivity contribution in [1.82, 2.24) is 4.98 Å². The van der Waals surface area contributed by atoms with E-state index in [1.54, 1.807) is 6.07 Å². The Morgan fingerprint density at radius 3 is 2.67 bits per heavy atom. The fraction of sp³-hybridized carbons (Fsp3) is 0.412. The van der Waals surface area contributed by atoms with E-state index in [0.29, 0.717) is 5.56 Å². The average Bonchev–Trinajstić information content (AvgIpc) is 2.80. The van der Waals surface area contributed by atoms with Crippen molar-refractivity contribution in [1.29, 1.82) is 0 Å². The number of hydrogen-bond acceptors (Lipinski definition) is 4. The third-order valence-electron chi connectivity index (χ3n) is 4.97. The third kappa shape index (κ3) is 1.97. The molecule has 1 aromatic carbocycles. The van der Waals surface area contributed by atoms with E-state index >= 15 is 0 Å². The number of nitrogens with zero attached hydrogens (tertiary/aromatic N) is 2. The summed E-state index contributed by atoms with van der Waals surface area (Å²) in [6, 6.07) is 7.65. The van der Waals surface area contributed by atoms with E-state index in [-0.39, 0.29) is 5.97 Å². The van der Waals surface area contributed by atoms with Crippen LogP contribution in [0.3, 0.4) is 0 Å². The lowest BCUT2D eigenvalue weighted by Gasteiger charge is -2.27. The smallest absolute Gasteiger partial charge is 0.337 e. The topological polar surface area (TPSA) is 42.4 Å². The molecular weight excluding hydrogens is 264 g/mol. The van der Waals surface area contributed by atoms with Crippen molar-refractivity contribution in [3.8, 4) is 0 Å². The maximum atomic E-state index is 11.7. The summed E-state index contributed by atoms with van der Waals surface area (Å²) in [6.45, 7) is 2.26. The highest BCUT2D eigenvalue weighted by atomic mass is 16.5. The second-order valence-corrected chi connectivity index (χ2v) is 6.06. The number of hydrogen-bond donors (Lipinski definition) is 0. The summed E-state index contributed by atoms with van der Waals surface area (Å²) < 4.78 is 4.82. The van der Waals surface area contributed by atoms with Crippen molar-refractivity contribution in [2.75, 3.05) is 25.1 Å². The predicted molar refractivity (Wildman–Crippen MR) is 81.5 cm³/mol. The summed E-state index contributed by atoms with van der Waals surface area (Å²) in [5, 5.41) is 1.04. The Labute approximate surface area is 123 Å². The van der Waals surface area contributed by atoms with Gasteiger partial charge in [0.15, 0.2) is 0 Å². The lowest BCUT2D eigenvalue weighted by Crippen LogP contribution is -2.22. The van der Waals surface area contributed by atoms with Gasteiger partial charge in [-0.1, -0.05) is 0 Å². The molecule has 0 radical (unpaired) electrons. The van der Waals surface area contributed by atoms with Crippen LogP contribution in [0.15, 0.2) is 30.5 Å². The molecule has 0 amide bonds. The molecule has 4 rings (SSSR count). The van der Waals surface area contributed by atoms with E-state index in [2.05, 4.69) is 16.0 Å². The van der Waals surface area contributed by atoms with Crippen molar-refractivity contribution < 1.29 is 9.53 Å². The van der Waals surface area contributed by atoms with Crippen LogP contribution in [0.4, 0.5) is 5.69 Å². The van der Waals surface area contributed by atoms with E-state index in [4.69, 9.17) is 4.74 Å². The van der Waals surface area contributed by atoms with Gasteiger partial charge in [0.25, 0.3) is 0 Å². The van der Waals surface area contributed by atoms with Crippen molar-refractivity contribution >= 4 is 22.6 Å². The Hall–Kier alpha value is -2.10. The summed E-state index contributed by atoms with van der Waals surface area (Å²) in [4.78, 5) is 18.6. The minimum Gasteiger partial charge on any atom is -0.465 e. The molecule has 0 spiro atoms. The number of rotatable bonds is 2. The quantitative estimate of drug-likeness (QED) is 0.794. The first kappa shape index (κ1) is 12.6. The van der Waals surface area contributed by atoms with E-state index in [1.807, 2.05) is 18.3 Å². The summed E-state index contributed by atoms with van der Waals surface area (Å²) in [5.74, 6) is 1.42. The number of benzene rings is 1. The fourth-order valence-electron chi connectivity index (χ4n) is 3.61. The molecule has 0 bridgehead atoms. The Bertz CT molecular complexity index is 701. The number of aromatic nitrogens is 1. The Kier molecular flexibility index (Phi) is 2.84. The van der Waals surface area contributed by atoms with Gasteiger partial charge in [-0.2, -0.15) is 0 Å². The zero-order valence-electron chi connectivity index (χ0n) is 12.1. The number of methoxy groups -OCH3 is 1. The minimum atomic E-state index is -0.298. The normalized spacial score (nSPS) is 23.8. The first-order valence-corrected chi connectivity index (χ1v) is 7.48. The summed E-state index contributed by atoms with van der Waals surface area (Å²) in [7, 11) is 1.41. The van der Waals surface area contributed by atoms with Gasteiger partial charge < -0.3 is 9.64 Å². The molecule has 2 heterocycles. The molecule has 4 nitrogen and oxygen atoms in total. The van der Waals surface area contributed by atoms with E-state index in [9.17, 15) is 4.79 Å². The summed E-state index contributed by atoms with van der Waals surface area (Å²) >= 11 is 0. The standard InChI is InChI=1S/C17H18N2O2/c1-21-17(20)11-4-5-15-14(8-11)16(6-7-18-15)19-9-12-2-3-13(12)10-19/h4-8,12-13H,2-3,9-10H2,1H3/t12-,13+. The van der Waals surface area contributed by atoms with Crippen molar-refractivity contribution in [2.45, 2.75) is 12.8 Å². The molecule has 2 fully saturated rings. The van der Waals surface area contributed by atoms with Gasteiger partial charge in [0.05, 0.1) is 18.2 Å². The Balaban J connectivity index is 1.78. The number of carbonyl (C=O) groups is 1. The molecule has 108 valence electrons. The van der Waals surface area contributed by atoms with Gasteiger partial charge in [-0.3, -0.25) is 4.98 Å². The molecule has 0 N–H and O–H groups in total. The predicted octanol–water partition coefficient (Wildman–Crippen LogP) is 2.87. The van der Waals surface area contributed by atoms with Crippen LogP contribution in [0.1, 0.15) is 23.2 Å². The molecule has 21 heavy (non-hydrogen) atoms. The van der Waals surface area contributed by atoms with E-state index in [1.165, 1.54) is 25.6 Å². The molecule has 1 saturated carbocycles. The molecule has 1 aromatic heterocycles. The van der Waals surface area contributed by atoms with Gasteiger partial charge in [0.1, 0.15) is 0 Å². The number of esters is 1. The van der Waals surface area contributed by atoms with Crippen LogP contribution < -0.4 is 4.90 Å². The molecule has 2 atom stereocenters. The van der Waals surface area contributed by atoms with Gasteiger partial charge >= 0.3 is 5.97 Å². The highest BCUT2D eigenvalue weighted by Crippen LogP contribution is 2.43. The highest BCUT2D eigenvalue weighted by Gasteiger charge is 2.39. The molecular formula is C17H18N2O2. The van der Waals surface area contributed by atoms with Crippen molar-refractivity contribution in [3.05, 3.63) is 36.0 Å². The van der Waals surface area contributed by atoms with Crippen LogP contribution in [0.25, 0.3) is 10.9 Å². The molecule has 1 saturated heterocycles. The SMILES string of the molecule is COC(=O)c1ccc2nccc(N3C[C@H]4CC[C@H]4C3)c2c1. The van der Waals surface area contributed by atoms with Gasteiger partial charge in [-0.25, -0.2) is 4.79 Å². The first-order chi connectivity index (χ1) is 10.3. The average molecular weight is 282 g/mol. The molecule has 4 heteroatoms. The second-order valence-electron chi connectivity index (χ2n) is 6.06. The van der Waals surface area contributed by atoms with E-state index < -0.39 is 0 Å². The lowest BCUT2D eigenvalue weighted by atomic mass is 9.77. The summed E-state index contributed by atoms with van der Waals surface area (Å²) in [6.07, 6.45) is 4.57. The molecule has 0 unspecified atom stereocenters. The number of carbonyl (C=O) groups excluding carboxylic acids is 1. The zero-order valence-corrected chi connectivity index (χ0v) is 12.1.